The maximum Gasteiger partial charge on any atom is 0.276 e. The first-order valence-electron chi connectivity index (χ1n) is 7.28. The monoisotopic (exact) mass is 319 g/mol. The van der Waals surface area contributed by atoms with Crippen LogP contribution in [0.25, 0.3) is 5.69 Å². The van der Waals surface area contributed by atoms with E-state index in [2.05, 4.69) is 10.3 Å². The summed E-state index contributed by atoms with van der Waals surface area (Å²) in [6.07, 6.45) is 0.944. The van der Waals surface area contributed by atoms with Gasteiger partial charge in [0.15, 0.2) is 5.69 Å². The Hall–Kier alpha value is -1.92. The van der Waals surface area contributed by atoms with Crippen molar-refractivity contribution in [1.29, 1.82) is 0 Å². The second-order valence-corrected chi connectivity index (χ2v) is 5.94. The number of hydrogen-bond donors (Lipinski definition) is 1. The van der Waals surface area contributed by atoms with Crippen molar-refractivity contribution in [2.24, 2.45) is 11.7 Å². The van der Waals surface area contributed by atoms with Gasteiger partial charge in [0, 0.05) is 13.1 Å². The average Bonchev–Trinajstić information content (AvgIpc) is 3.14. The number of benzene rings is 1. The zero-order chi connectivity index (χ0) is 15.7. The first-order valence-corrected chi connectivity index (χ1v) is 7.66. The van der Waals surface area contributed by atoms with Gasteiger partial charge in [0.25, 0.3) is 5.91 Å². The summed E-state index contributed by atoms with van der Waals surface area (Å²) in [7, 11) is 0. The number of halogens is 1. The first kappa shape index (κ1) is 15.0. The molecule has 1 amide bonds. The lowest BCUT2D eigenvalue weighted by Crippen LogP contribution is -2.30. The number of rotatable bonds is 3. The van der Waals surface area contributed by atoms with Crippen LogP contribution in [0.4, 0.5) is 0 Å². The van der Waals surface area contributed by atoms with Gasteiger partial charge in [-0.1, -0.05) is 28.9 Å². The molecule has 2 aromatic rings. The van der Waals surface area contributed by atoms with Crippen LogP contribution in [0.5, 0.6) is 0 Å². The molecular weight excluding hydrogens is 302 g/mol. The van der Waals surface area contributed by atoms with Crippen molar-refractivity contribution in [3.05, 3.63) is 40.7 Å². The molecule has 1 atom stereocenters. The van der Waals surface area contributed by atoms with Crippen LogP contribution >= 0.6 is 11.6 Å². The third kappa shape index (κ3) is 2.60. The molecular formula is C15H18ClN5O. The predicted molar refractivity (Wildman–Crippen MR) is 84.2 cm³/mol. The second kappa shape index (κ2) is 6.06. The Morgan fingerprint density at radius 2 is 2.23 bits per heavy atom. The zero-order valence-electron chi connectivity index (χ0n) is 12.4. The Kier molecular flexibility index (Phi) is 4.13. The zero-order valence-corrected chi connectivity index (χ0v) is 13.1. The van der Waals surface area contributed by atoms with Crippen molar-refractivity contribution in [1.82, 2.24) is 19.9 Å². The minimum absolute atomic E-state index is 0.0910. The van der Waals surface area contributed by atoms with Crippen molar-refractivity contribution >= 4 is 17.5 Å². The largest absolute Gasteiger partial charge is 0.337 e. The number of amides is 1. The number of nitrogens with two attached hydrogens (primary N) is 1. The van der Waals surface area contributed by atoms with Crippen LogP contribution in [0.3, 0.4) is 0 Å². The molecule has 2 heterocycles. The molecule has 1 aromatic carbocycles. The van der Waals surface area contributed by atoms with E-state index in [-0.39, 0.29) is 5.91 Å². The van der Waals surface area contributed by atoms with Gasteiger partial charge < -0.3 is 10.6 Å². The number of aromatic nitrogens is 3. The second-order valence-electron chi connectivity index (χ2n) is 5.53. The fraction of sp³-hybridized carbons (Fsp3) is 0.400. The van der Waals surface area contributed by atoms with E-state index in [0.717, 1.165) is 18.7 Å². The number of nitrogens with zero attached hydrogens (tertiary/aromatic N) is 4. The normalized spacial score (nSPS) is 18.0. The van der Waals surface area contributed by atoms with Gasteiger partial charge in [0.2, 0.25) is 0 Å². The lowest BCUT2D eigenvalue weighted by atomic mass is 10.1. The highest BCUT2D eigenvalue weighted by atomic mass is 35.5. The molecule has 0 radical (unpaired) electrons. The molecule has 0 spiro atoms. The number of hydrogen-bond acceptors (Lipinski definition) is 4. The highest BCUT2D eigenvalue weighted by molar-refractivity contribution is 6.32. The lowest BCUT2D eigenvalue weighted by molar-refractivity contribution is 0.0781. The van der Waals surface area contributed by atoms with Gasteiger partial charge in [-0.05, 0) is 37.9 Å². The standard InChI is InChI=1S/C15H18ClN5O/c1-10-14(15(22)20-7-6-11(8-17)9-20)18-19-21(10)13-5-3-2-4-12(13)16/h2-5,11H,6-9,17H2,1H3/t11-/m1/s1. The summed E-state index contributed by atoms with van der Waals surface area (Å²) < 4.78 is 1.60. The minimum Gasteiger partial charge on any atom is -0.337 e. The van der Waals surface area contributed by atoms with Crippen molar-refractivity contribution in [2.45, 2.75) is 13.3 Å². The molecule has 3 rings (SSSR count). The maximum atomic E-state index is 12.6. The fourth-order valence-electron chi connectivity index (χ4n) is 2.74. The van der Waals surface area contributed by atoms with E-state index < -0.39 is 0 Å². The average molecular weight is 320 g/mol. The predicted octanol–water partition coefficient (Wildman–Crippen LogP) is 1.65. The van der Waals surface area contributed by atoms with E-state index in [4.69, 9.17) is 17.3 Å². The van der Waals surface area contributed by atoms with Crippen molar-refractivity contribution < 1.29 is 4.79 Å². The lowest BCUT2D eigenvalue weighted by Gasteiger charge is -2.15. The Bertz CT molecular complexity index is 699. The van der Waals surface area contributed by atoms with E-state index in [1.165, 1.54) is 0 Å². The molecule has 1 aliphatic rings. The SMILES string of the molecule is Cc1c(C(=O)N2CC[C@H](CN)C2)nnn1-c1ccccc1Cl. The molecule has 116 valence electrons. The Labute approximate surface area is 133 Å². The molecule has 1 aromatic heterocycles. The first-order chi connectivity index (χ1) is 10.6. The van der Waals surface area contributed by atoms with Gasteiger partial charge in [0.1, 0.15) is 0 Å². The number of carbonyl (C=O) groups is 1. The Balaban J connectivity index is 1.88. The fourth-order valence-corrected chi connectivity index (χ4v) is 2.95. The number of carbonyl (C=O) groups excluding carboxylic acids is 1. The molecule has 0 bridgehead atoms. The third-order valence-electron chi connectivity index (χ3n) is 4.08. The van der Waals surface area contributed by atoms with Gasteiger partial charge in [0.05, 0.1) is 16.4 Å². The van der Waals surface area contributed by atoms with E-state index in [1.807, 2.05) is 25.1 Å². The van der Waals surface area contributed by atoms with Gasteiger partial charge in [-0.15, -0.1) is 5.10 Å². The molecule has 22 heavy (non-hydrogen) atoms. The number of likely N-dealkylation sites (tertiary alicyclic amines) is 1. The molecule has 0 unspecified atom stereocenters. The summed E-state index contributed by atoms with van der Waals surface area (Å²) in [5, 5.41) is 8.72. The summed E-state index contributed by atoms with van der Waals surface area (Å²) in [6, 6.07) is 7.35. The van der Waals surface area contributed by atoms with Crippen molar-refractivity contribution in [3.8, 4) is 5.69 Å². The molecule has 2 N–H and O–H groups in total. The van der Waals surface area contributed by atoms with Crippen LogP contribution < -0.4 is 5.73 Å². The summed E-state index contributed by atoms with van der Waals surface area (Å²) in [6.45, 7) is 3.84. The van der Waals surface area contributed by atoms with E-state index in [9.17, 15) is 4.79 Å². The van der Waals surface area contributed by atoms with Gasteiger partial charge in [-0.3, -0.25) is 4.79 Å². The van der Waals surface area contributed by atoms with Gasteiger partial charge >= 0.3 is 0 Å². The van der Waals surface area contributed by atoms with Crippen LogP contribution in [0, 0.1) is 12.8 Å². The summed E-state index contributed by atoms with van der Waals surface area (Å²) in [4.78, 5) is 14.4. The molecule has 0 saturated carbocycles. The van der Waals surface area contributed by atoms with Crippen LogP contribution in [-0.2, 0) is 0 Å². The van der Waals surface area contributed by atoms with E-state index in [1.54, 1.807) is 15.6 Å². The molecule has 7 heteroatoms. The number of para-hydroxylation sites is 1. The van der Waals surface area contributed by atoms with Crippen LogP contribution in [0.15, 0.2) is 24.3 Å². The highest BCUT2D eigenvalue weighted by Crippen LogP contribution is 2.23. The molecule has 6 nitrogen and oxygen atoms in total. The van der Waals surface area contributed by atoms with E-state index >= 15 is 0 Å². The Morgan fingerprint density at radius 3 is 2.91 bits per heavy atom. The summed E-state index contributed by atoms with van der Waals surface area (Å²) in [5.74, 6) is 0.287. The quantitative estimate of drug-likeness (QED) is 0.933. The summed E-state index contributed by atoms with van der Waals surface area (Å²) in [5.41, 5.74) is 7.46. The van der Waals surface area contributed by atoms with Crippen LogP contribution in [-0.4, -0.2) is 45.4 Å². The van der Waals surface area contributed by atoms with Crippen LogP contribution in [0.1, 0.15) is 22.6 Å². The van der Waals surface area contributed by atoms with Crippen LogP contribution in [0.2, 0.25) is 5.02 Å². The molecule has 1 saturated heterocycles. The highest BCUT2D eigenvalue weighted by Gasteiger charge is 2.29. The van der Waals surface area contributed by atoms with Gasteiger partial charge in [-0.25, -0.2) is 4.68 Å². The van der Waals surface area contributed by atoms with E-state index in [0.29, 0.717) is 35.4 Å². The molecule has 0 aliphatic carbocycles. The molecule has 1 fully saturated rings. The Morgan fingerprint density at radius 1 is 1.45 bits per heavy atom. The maximum absolute atomic E-state index is 12.6. The van der Waals surface area contributed by atoms with Crippen molar-refractivity contribution in [3.63, 3.8) is 0 Å². The topological polar surface area (TPSA) is 77.0 Å². The minimum atomic E-state index is -0.0910. The van der Waals surface area contributed by atoms with Gasteiger partial charge in [-0.2, -0.15) is 0 Å². The van der Waals surface area contributed by atoms with Crippen molar-refractivity contribution in [2.75, 3.05) is 19.6 Å². The summed E-state index contributed by atoms with van der Waals surface area (Å²) >= 11 is 6.19. The molecule has 1 aliphatic heterocycles. The third-order valence-corrected chi connectivity index (χ3v) is 4.40. The smallest absolute Gasteiger partial charge is 0.276 e.